The molecule has 0 bridgehead atoms. The van der Waals surface area contributed by atoms with Gasteiger partial charge in [0.05, 0.1) is 16.6 Å². The van der Waals surface area contributed by atoms with Gasteiger partial charge in [0.15, 0.2) is 0 Å². The number of pyridine rings is 1. The molecule has 0 N–H and O–H groups in total. The van der Waals surface area contributed by atoms with E-state index in [1.165, 1.54) is 90.9 Å². The van der Waals surface area contributed by atoms with Crippen molar-refractivity contribution in [3.05, 3.63) is 182 Å². The smallest absolute Gasteiger partial charge is 0.0621 e. The molecule has 2 nitrogen and oxygen atoms in total. The fraction of sp³-hybridized carbons (Fsp3) is 0. The van der Waals surface area contributed by atoms with Gasteiger partial charge in [0.1, 0.15) is 0 Å². The zero-order valence-electron chi connectivity index (χ0n) is 28.6. The minimum Gasteiger partial charge on any atom is -0.310 e. The van der Waals surface area contributed by atoms with Crippen LogP contribution in [0.5, 0.6) is 0 Å². The summed E-state index contributed by atoms with van der Waals surface area (Å²) < 4.78 is 5.13. The molecule has 0 aliphatic carbocycles. The average Bonchev–Trinajstić information content (AvgIpc) is 3.76. The number of hydrogen-bond acceptors (Lipinski definition) is 2. The summed E-state index contributed by atoms with van der Waals surface area (Å²) in [5, 5.41) is 12.8. The third kappa shape index (κ3) is 4.14. The van der Waals surface area contributed by atoms with E-state index in [-0.39, 0.29) is 0 Å². The number of benzene rings is 9. The van der Waals surface area contributed by atoms with Gasteiger partial charge in [-0.3, -0.25) is 0 Å². The number of para-hydroxylation sites is 1. The topological polar surface area (TPSA) is 7.65 Å². The van der Waals surface area contributed by atoms with Gasteiger partial charge in [-0.15, -0.1) is 11.3 Å². The van der Waals surface area contributed by atoms with Crippen LogP contribution in [-0.4, -0.2) is 4.40 Å². The SMILES string of the molecule is c1ccc(-c2ccc(N(c3ccc4sc5ccccc5c4c3)c3cc4c5cc6ccccc6c6cccc(c65)n5c6ccccc6c(c3)c45)cc2)cc1. The standard InChI is InChI=1S/C50H30N2S/c1-2-11-31(12-3-1)32-21-23-34(24-22-32)51(35-25-26-48-41(28-35)39-16-7-9-20-47(39)53-48)36-29-43-38-15-6-8-18-45(38)52-46-19-10-17-40-37-14-5-4-13-33(37)27-42(49(40)46)44(30-36)50(43)52/h1-30H. The molecule has 0 radical (unpaired) electrons. The van der Waals surface area contributed by atoms with E-state index in [0.29, 0.717) is 0 Å². The van der Waals surface area contributed by atoms with Crippen LogP contribution in [0.3, 0.4) is 0 Å². The Hall–Kier alpha value is -6.68. The largest absolute Gasteiger partial charge is 0.310 e. The summed E-state index contributed by atoms with van der Waals surface area (Å²) in [7, 11) is 0. The van der Waals surface area contributed by atoms with Gasteiger partial charge in [0, 0.05) is 58.8 Å². The first kappa shape index (κ1) is 29.0. The number of anilines is 3. The van der Waals surface area contributed by atoms with Crippen molar-refractivity contribution in [3.63, 3.8) is 0 Å². The Bertz CT molecular complexity index is 3390. The quantitative estimate of drug-likeness (QED) is 0.132. The Morgan fingerprint density at radius 3 is 1.85 bits per heavy atom. The molecule has 12 aromatic rings. The van der Waals surface area contributed by atoms with Crippen molar-refractivity contribution in [2.75, 3.05) is 4.90 Å². The maximum atomic E-state index is 2.51. The first-order valence-electron chi connectivity index (χ1n) is 18.2. The van der Waals surface area contributed by atoms with Crippen molar-refractivity contribution in [1.82, 2.24) is 4.40 Å². The van der Waals surface area contributed by atoms with Gasteiger partial charge < -0.3 is 9.30 Å². The highest BCUT2D eigenvalue weighted by atomic mass is 32.1. The highest BCUT2D eigenvalue weighted by Gasteiger charge is 2.23. The van der Waals surface area contributed by atoms with Crippen LogP contribution in [0, 0.1) is 0 Å². The van der Waals surface area contributed by atoms with Crippen LogP contribution in [0.1, 0.15) is 0 Å². The molecule has 246 valence electrons. The van der Waals surface area contributed by atoms with Crippen LogP contribution in [0.15, 0.2) is 182 Å². The highest BCUT2D eigenvalue weighted by Crippen LogP contribution is 2.47. The molecule has 0 saturated heterocycles. The molecule has 0 atom stereocenters. The number of rotatable bonds is 4. The predicted octanol–water partition coefficient (Wildman–Crippen LogP) is 14.6. The number of aromatic nitrogens is 1. The Morgan fingerprint density at radius 1 is 0.358 bits per heavy atom. The molecule has 0 fully saturated rings. The fourth-order valence-electron chi connectivity index (χ4n) is 8.94. The van der Waals surface area contributed by atoms with Crippen molar-refractivity contribution in [2.24, 2.45) is 0 Å². The molecule has 3 heteroatoms. The summed E-state index contributed by atoms with van der Waals surface area (Å²) in [6.45, 7) is 0. The summed E-state index contributed by atoms with van der Waals surface area (Å²) in [6, 6.07) is 67.3. The number of nitrogens with zero attached hydrogens (tertiary/aromatic N) is 2. The van der Waals surface area contributed by atoms with Crippen molar-refractivity contribution < 1.29 is 0 Å². The molecule has 0 aliphatic rings. The third-order valence-electron chi connectivity index (χ3n) is 11.3. The lowest BCUT2D eigenvalue weighted by atomic mass is 9.94. The van der Waals surface area contributed by atoms with E-state index in [1.54, 1.807) is 0 Å². The van der Waals surface area contributed by atoms with Gasteiger partial charge in [-0.1, -0.05) is 115 Å². The normalized spacial score (nSPS) is 12.2. The van der Waals surface area contributed by atoms with E-state index in [0.717, 1.165) is 17.1 Å². The van der Waals surface area contributed by atoms with Crippen LogP contribution in [0.4, 0.5) is 17.1 Å². The highest BCUT2D eigenvalue weighted by molar-refractivity contribution is 7.25. The van der Waals surface area contributed by atoms with Gasteiger partial charge in [0.2, 0.25) is 0 Å². The minimum atomic E-state index is 1.12. The summed E-state index contributed by atoms with van der Waals surface area (Å²) in [5.41, 5.74) is 9.58. The van der Waals surface area contributed by atoms with Crippen LogP contribution in [0.2, 0.25) is 0 Å². The Labute approximate surface area is 309 Å². The number of fused-ring (bicyclic) bond motifs is 10. The third-order valence-corrected chi connectivity index (χ3v) is 12.4. The number of hydrogen-bond donors (Lipinski definition) is 0. The zero-order valence-corrected chi connectivity index (χ0v) is 29.4. The maximum Gasteiger partial charge on any atom is 0.0621 e. The van der Waals surface area contributed by atoms with E-state index in [2.05, 4.69) is 191 Å². The zero-order chi connectivity index (χ0) is 34.6. The lowest BCUT2D eigenvalue weighted by Crippen LogP contribution is -2.10. The molecule has 9 aromatic carbocycles. The van der Waals surface area contributed by atoms with E-state index in [9.17, 15) is 0 Å². The molecule has 0 unspecified atom stereocenters. The van der Waals surface area contributed by atoms with Crippen LogP contribution in [0.25, 0.3) is 90.9 Å². The maximum absolute atomic E-state index is 2.51. The summed E-state index contributed by atoms with van der Waals surface area (Å²) in [4.78, 5) is 2.46. The second kappa shape index (κ2) is 10.9. The van der Waals surface area contributed by atoms with Crippen molar-refractivity contribution >= 4 is 108 Å². The average molecular weight is 691 g/mol. The van der Waals surface area contributed by atoms with Gasteiger partial charge in [0.25, 0.3) is 0 Å². The van der Waals surface area contributed by atoms with Crippen molar-refractivity contribution in [3.8, 4) is 11.1 Å². The van der Waals surface area contributed by atoms with E-state index < -0.39 is 0 Å². The second-order valence-corrected chi connectivity index (χ2v) is 15.2. The van der Waals surface area contributed by atoms with Gasteiger partial charge in [-0.2, -0.15) is 0 Å². The Morgan fingerprint density at radius 2 is 0.981 bits per heavy atom. The molecule has 3 aromatic heterocycles. The summed E-state index contributed by atoms with van der Waals surface area (Å²) in [5.74, 6) is 0. The number of thiophene rings is 1. The molecular formula is C50H30N2S. The molecule has 0 spiro atoms. The molecule has 3 heterocycles. The van der Waals surface area contributed by atoms with Crippen molar-refractivity contribution in [2.45, 2.75) is 0 Å². The molecule has 53 heavy (non-hydrogen) atoms. The van der Waals surface area contributed by atoms with Gasteiger partial charge in [-0.25, -0.2) is 0 Å². The van der Waals surface area contributed by atoms with E-state index >= 15 is 0 Å². The molecular weight excluding hydrogens is 661 g/mol. The Balaban J connectivity index is 1.20. The van der Waals surface area contributed by atoms with Crippen molar-refractivity contribution in [1.29, 1.82) is 0 Å². The van der Waals surface area contributed by atoms with Gasteiger partial charge in [-0.05, 0) is 99.4 Å². The molecule has 0 amide bonds. The molecule has 12 rings (SSSR count). The minimum absolute atomic E-state index is 1.12. The Kier molecular flexibility index (Phi) is 5.96. The van der Waals surface area contributed by atoms with Crippen LogP contribution >= 0.6 is 11.3 Å². The lowest BCUT2D eigenvalue weighted by molar-refractivity contribution is 1.29. The van der Waals surface area contributed by atoms with E-state index in [4.69, 9.17) is 0 Å². The summed E-state index contributed by atoms with van der Waals surface area (Å²) >= 11 is 1.86. The second-order valence-electron chi connectivity index (χ2n) is 14.1. The van der Waals surface area contributed by atoms with Crippen LogP contribution < -0.4 is 4.90 Å². The first-order chi connectivity index (χ1) is 26.3. The molecule has 0 saturated carbocycles. The molecule has 0 aliphatic heterocycles. The lowest BCUT2D eigenvalue weighted by Gasteiger charge is -2.27. The fourth-order valence-corrected chi connectivity index (χ4v) is 10.0. The van der Waals surface area contributed by atoms with Gasteiger partial charge >= 0.3 is 0 Å². The summed E-state index contributed by atoms with van der Waals surface area (Å²) in [6.07, 6.45) is 0. The monoisotopic (exact) mass is 690 g/mol. The first-order valence-corrected chi connectivity index (χ1v) is 19.0. The predicted molar refractivity (Wildman–Crippen MR) is 229 cm³/mol. The van der Waals surface area contributed by atoms with E-state index in [1.807, 2.05) is 11.3 Å². The van der Waals surface area contributed by atoms with Crippen LogP contribution in [-0.2, 0) is 0 Å².